The zero-order valence-electron chi connectivity index (χ0n) is 12.2. The third kappa shape index (κ3) is 2.96. The SMILES string of the molecule is COc1ccc(-c2ccc(C(C)CCN)o2)cc1OC. The number of hydrogen-bond acceptors (Lipinski definition) is 4. The number of benzene rings is 1. The van der Waals surface area contributed by atoms with Crippen LogP contribution in [0.4, 0.5) is 0 Å². The van der Waals surface area contributed by atoms with Crippen molar-refractivity contribution in [2.24, 2.45) is 5.73 Å². The molecular weight excluding hydrogens is 254 g/mol. The van der Waals surface area contributed by atoms with Crippen LogP contribution in [-0.2, 0) is 0 Å². The van der Waals surface area contributed by atoms with Gasteiger partial charge in [0, 0.05) is 11.5 Å². The molecule has 4 heteroatoms. The molecule has 0 saturated heterocycles. The molecule has 0 amide bonds. The quantitative estimate of drug-likeness (QED) is 0.877. The van der Waals surface area contributed by atoms with Crippen molar-refractivity contribution < 1.29 is 13.9 Å². The molecule has 1 aromatic heterocycles. The van der Waals surface area contributed by atoms with E-state index in [1.165, 1.54) is 0 Å². The molecule has 0 aliphatic carbocycles. The molecule has 0 spiro atoms. The van der Waals surface area contributed by atoms with Crippen LogP contribution < -0.4 is 15.2 Å². The fourth-order valence-corrected chi connectivity index (χ4v) is 2.15. The summed E-state index contributed by atoms with van der Waals surface area (Å²) in [5, 5.41) is 0. The van der Waals surface area contributed by atoms with Gasteiger partial charge in [-0.2, -0.15) is 0 Å². The second kappa shape index (κ2) is 6.48. The first-order valence-electron chi connectivity index (χ1n) is 6.71. The average Bonchev–Trinajstić information content (AvgIpc) is 2.96. The summed E-state index contributed by atoms with van der Waals surface area (Å²) in [5.74, 6) is 3.51. The molecule has 1 atom stereocenters. The lowest BCUT2D eigenvalue weighted by atomic mass is 10.1. The molecule has 0 bridgehead atoms. The van der Waals surface area contributed by atoms with Crippen molar-refractivity contribution in [1.82, 2.24) is 0 Å². The Bertz CT molecular complexity index is 563. The summed E-state index contributed by atoms with van der Waals surface area (Å²) in [5.41, 5.74) is 6.55. The topological polar surface area (TPSA) is 57.6 Å². The van der Waals surface area contributed by atoms with Crippen molar-refractivity contribution in [3.63, 3.8) is 0 Å². The molecule has 4 nitrogen and oxygen atoms in total. The average molecular weight is 275 g/mol. The number of nitrogens with two attached hydrogens (primary N) is 1. The van der Waals surface area contributed by atoms with E-state index < -0.39 is 0 Å². The Morgan fingerprint density at radius 1 is 1.10 bits per heavy atom. The van der Waals surface area contributed by atoms with E-state index in [-0.39, 0.29) is 0 Å². The van der Waals surface area contributed by atoms with E-state index in [0.29, 0.717) is 24.0 Å². The van der Waals surface area contributed by atoms with E-state index in [0.717, 1.165) is 23.5 Å². The van der Waals surface area contributed by atoms with Crippen LogP contribution in [0.2, 0.25) is 0 Å². The summed E-state index contributed by atoms with van der Waals surface area (Å²) in [4.78, 5) is 0. The normalized spacial score (nSPS) is 12.2. The molecule has 2 N–H and O–H groups in total. The fourth-order valence-electron chi connectivity index (χ4n) is 2.15. The van der Waals surface area contributed by atoms with Crippen LogP contribution >= 0.6 is 0 Å². The first-order chi connectivity index (χ1) is 9.69. The molecular formula is C16H21NO3. The molecule has 1 aromatic carbocycles. The van der Waals surface area contributed by atoms with Crippen molar-refractivity contribution in [3.05, 3.63) is 36.1 Å². The van der Waals surface area contributed by atoms with Gasteiger partial charge in [0.25, 0.3) is 0 Å². The molecule has 1 heterocycles. The maximum absolute atomic E-state index is 5.91. The van der Waals surface area contributed by atoms with Gasteiger partial charge in [0.15, 0.2) is 11.5 Å². The van der Waals surface area contributed by atoms with E-state index in [9.17, 15) is 0 Å². The Balaban J connectivity index is 2.28. The molecule has 1 unspecified atom stereocenters. The summed E-state index contributed by atoms with van der Waals surface area (Å²) in [6.07, 6.45) is 0.916. The predicted molar refractivity (Wildman–Crippen MR) is 79.3 cm³/mol. The minimum atomic E-state index is 0.328. The molecule has 0 radical (unpaired) electrons. The smallest absolute Gasteiger partial charge is 0.161 e. The van der Waals surface area contributed by atoms with Crippen LogP contribution in [0.15, 0.2) is 34.7 Å². The maximum Gasteiger partial charge on any atom is 0.161 e. The third-order valence-electron chi connectivity index (χ3n) is 3.38. The second-order valence-electron chi connectivity index (χ2n) is 4.75. The fraction of sp³-hybridized carbons (Fsp3) is 0.375. The van der Waals surface area contributed by atoms with Crippen LogP contribution in [-0.4, -0.2) is 20.8 Å². The van der Waals surface area contributed by atoms with Crippen LogP contribution in [0.3, 0.4) is 0 Å². The zero-order valence-corrected chi connectivity index (χ0v) is 12.2. The molecule has 108 valence electrons. The highest BCUT2D eigenvalue weighted by Crippen LogP contribution is 2.34. The molecule has 2 aromatic rings. The molecule has 0 aliphatic heterocycles. The van der Waals surface area contributed by atoms with Crippen LogP contribution in [0.1, 0.15) is 25.0 Å². The maximum atomic E-state index is 5.91. The molecule has 20 heavy (non-hydrogen) atoms. The highest BCUT2D eigenvalue weighted by molar-refractivity contribution is 5.63. The Morgan fingerprint density at radius 2 is 1.85 bits per heavy atom. The van der Waals surface area contributed by atoms with Crippen molar-refractivity contribution in [2.45, 2.75) is 19.3 Å². The zero-order chi connectivity index (χ0) is 14.5. The first kappa shape index (κ1) is 14.5. The Hall–Kier alpha value is -1.94. The molecule has 0 aliphatic rings. The van der Waals surface area contributed by atoms with E-state index >= 15 is 0 Å². The van der Waals surface area contributed by atoms with E-state index in [1.54, 1.807) is 14.2 Å². The Morgan fingerprint density at radius 3 is 2.50 bits per heavy atom. The molecule has 2 rings (SSSR count). The van der Waals surface area contributed by atoms with E-state index in [2.05, 4.69) is 6.92 Å². The number of hydrogen-bond donors (Lipinski definition) is 1. The highest BCUT2D eigenvalue weighted by atomic mass is 16.5. The summed E-state index contributed by atoms with van der Waals surface area (Å²) in [6.45, 7) is 2.78. The van der Waals surface area contributed by atoms with Gasteiger partial charge in [-0.1, -0.05) is 6.92 Å². The van der Waals surface area contributed by atoms with Gasteiger partial charge >= 0.3 is 0 Å². The van der Waals surface area contributed by atoms with E-state index in [1.807, 2.05) is 30.3 Å². The number of ether oxygens (including phenoxy) is 2. The van der Waals surface area contributed by atoms with Gasteiger partial charge in [0.1, 0.15) is 11.5 Å². The van der Waals surface area contributed by atoms with Crippen molar-refractivity contribution in [2.75, 3.05) is 20.8 Å². The van der Waals surface area contributed by atoms with Gasteiger partial charge < -0.3 is 19.6 Å². The number of rotatable bonds is 6. The van der Waals surface area contributed by atoms with Crippen LogP contribution in [0, 0.1) is 0 Å². The summed E-state index contributed by atoms with van der Waals surface area (Å²) >= 11 is 0. The van der Waals surface area contributed by atoms with Gasteiger partial charge in [-0.3, -0.25) is 0 Å². The van der Waals surface area contributed by atoms with Crippen molar-refractivity contribution in [3.8, 4) is 22.8 Å². The van der Waals surface area contributed by atoms with Gasteiger partial charge in [0.05, 0.1) is 14.2 Å². The Labute approximate surface area is 119 Å². The summed E-state index contributed by atoms with van der Waals surface area (Å²) in [6, 6.07) is 9.72. The van der Waals surface area contributed by atoms with Gasteiger partial charge in [-0.05, 0) is 43.3 Å². The van der Waals surface area contributed by atoms with E-state index in [4.69, 9.17) is 19.6 Å². The van der Waals surface area contributed by atoms with Crippen LogP contribution in [0.5, 0.6) is 11.5 Å². The van der Waals surface area contributed by atoms with Crippen molar-refractivity contribution >= 4 is 0 Å². The van der Waals surface area contributed by atoms with Gasteiger partial charge in [-0.25, -0.2) is 0 Å². The summed E-state index contributed by atoms with van der Waals surface area (Å²) in [7, 11) is 3.25. The lowest BCUT2D eigenvalue weighted by molar-refractivity contribution is 0.355. The lowest BCUT2D eigenvalue weighted by Gasteiger charge is -2.09. The molecule has 0 saturated carbocycles. The molecule has 0 fully saturated rings. The largest absolute Gasteiger partial charge is 0.493 e. The highest BCUT2D eigenvalue weighted by Gasteiger charge is 2.12. The monoisotopic (exact) mass is 275 g/mol. The standard InChI is InChI=1S/C16H21NO3/c1-11(8-9-17)13-6-7-14(20-13)12-4-5-15(18-2)16(10-12)19-3/h4-7,10-11H,8-9,17H2,1-3H3. The minimum Gasteiger partial charge on any atom is -0.493 e. The summed E-state index contributed by atoms with van der Waals surface area (Å²) < 4.78 is 16.4. The number of furan rings is 1. The Kier molecular flexibility index (Phi) is 4.69. The van der Waals surface area contributed by atoms with Crippen molar-refractivity contribution in [1.29, 1.82) is 0 Å². The van der Waals surface area contributed by atoms with Crippen LogP contribution in [0.25, 0.3) is 11.3 Å². The van der Waals surface area contributed by atoms with Gasteiger partial charge in [0.2, 0.25) is 0 Å². The predicted octanol–water partition coefficient (Wildman–Crippen LogP) is 3.42. The van der Waals surface area contributed by atoms with Gasteiger partial charge in [-0.15, -0.1) is 0 Å². The third-order valence-corrected chi connectivity index (χ3v) is 3.38. The first-order valence-corrected chi connectivity index (χ1v) is 6.71. The lowest BCUT2D eigenvalue weighted by Crippen LogP contribution is -2.03. The number of methoxy groups -OCH3 is 2. The minimum absolute atomic E-state index is 0.328. The second-order valence-corrected chi connectivity index (χ2v) is 4.75.